The Hall–Kier alpha value is -1.51. The van der Waals surface area contributed by atoms with E-state index >= 15 is 0 Å². The van der Waals surface area contributed by atoms with E-state index in [0.29, 0.717) is 0 Å². The van der Waals surface area contributed by atoms with E-state index in [4.69, 9.17) is 11.1 Å². The van der Waals surface area contributed by atoms with E-state index in [-0.39, 0.29) is 5.84 Å². The summed E-state index contributed by atoms with van der Waals surface area (Å²) in [6.45, 7) is 1.07. The maximum absolute atomic E-state index is 7.52. The van der Waals surface area contributed by atoms with Crippen molar-refractivity contribution >= 4 is 11.5 Å². The van der Waals surface area contributed by atoms with E-state index in [0.717, 1.165) is 23.7 Å². The Labute approximate surface area is 90.4 Å². The van der Waals surface area contributed by atoms with E-state index in [1.54, 1.807) is 0 Å². The first-order chi connectivity index (χ1) is 7.18. The summed E-state index contributed by atoms with van der Waals surface area (Å²) in [5.74, 6) is 0.989. The van der Waals surface area contributed by atoms with Gasteiger partial charge in [0.25, 0.3) is 0 Å². The molecular formula is C12H17N3. The average Bonchev–Trinajstić information content (AvgIpc) is 3.01. The molecule has 3 N–H and O–H groups in total. The van der Waals surface area contributed by atoms with Crippen molar-refractivity contribution in [3.05, 3.63) is 29.8 Å². The van der Waals surface area contributed by atoms with Gasteiger partial charge < -0.3 is 10.6 Å². The quantitative estimate of drug-likeness (QED) is 0.579. The maximum Gasteiger partial charge on any atom is 0.124 e. The standard InChI is InChI=1S/C12H17N3/c1-15(8-9-6-7-9)11-5-3-2-4-10(11)12(13)14/h2-5,9H,6-8H2,1H3,(H3,13,14). The van der Waals surface area contributed by atoms with Crippen molar-refractivity contribution in [1.29, 1.82) is 5.41 Å². The first-order valence-corrected chi connectivity index (χ1v) is 5.33. The minimum atomic E-state index is 0.147. The second-order valence-corrected chi connectivity index (χ2v) is 4.25. The Bertz CT molecular complexity index is 369. The third kappa shape index (κ3) is 2.29. The van der Waals surface area contributed by atoms with Crippen LogP contribution in [0.1, 0.15) is 18.4 Å². The van der Waals surface area contributed by atoms with Gasteiger partial charge in [-0.25, -0.2) is 0 Å². The summed E-state index contributed by atoms with van der Waals surface area (Å²) in [5, 5.41) is 7.52. The van der Waals surface area contributed by atoms with Crippen LogP contribution in [-0.2, 0) is 0 Å². The molecule has 0 atom stereocenters. The number of hydrogen-bond acceptors (Lipinski definition) is 2. The van der Waals surface area contributed by atoms with Gasteiger partial charge in [0.15, 0.2) is 0 Å². The predicted octanol–water partition coefficient (Wildman–Crippen LogP) is 1.82. The molecule has 15 heavy (non-hydrogen) atoms. The van der Waals surface area contributed by atoms with Gasteiger partial charge in [-0.15, -0.1) is 0 Å². The molecule has 0 amide bonds. The van der Waals surface area contributed by atoms with Crippen LogP contribution in [0, 0.1) is 11.3 Å². The molecule has 1 aliphatic carbocycles. The molecule has 0 unspecified atom stereocenters. The lowest BCUT2D eigenvalue weighted by Crippen LogP contribution is -2.24. The summed E-state index contributed by atoms with van der Waals surface area (Å²) in [6.07, 6.45) is 2.68. The molecule has 0 bridgehead atoms. The first-order valence-electron chi connectivity index (χ1n) is 5.33. The fourth-order valence-corrected chi connectivity index (χ4v) is 1.82. The number of para-hydroxylation sites is 1. The molecule has 0 spiro atoms. The summed E-state index contributed by atoms with van der Waals surface area (Å²) in [4.78, 5) is 2.20. The fraction of sp³-hybridized carbons (Fsp3) is 0.417. The number of hydrogen-bond donors (Lipinski definition) is 2. The van der Waals surface area contributed by atoms with Gasteiger partial charge in [0.05, 0.1) is 0 Å². The number of nitrogens with zero attached hydrogens (tertiary/aromatic N) is 1. The van der Waals surface area contributed by atoms with Gasteiger partial charge in [-0.05, 0) is 30.9 Å². The van der Waals surface area contributed by atoms with Crippen LogP contribution in [0.25, 0.3) is 0 Å². The highest BCUT2D eigenvalue weighted by molar-refractivity contribution is 6.00. The van der Waals surface area contributed by atoms with Gasteiger partial charge in [0.2, 0.25) is 0 Å². The number of nitrogens with two attached hydrogens (primary N) is 1. The molecule has 2 rings (SSSR count). The van der Waals surface area contributed by atoms with Crippen LogP contribution < -0.4 is 10.6 Å². The van der Waals surface area contributed by atoms with Crippen LogP contribution in [0.4, 0.5) is 5.69 Å². The highest BCUT2D eigenvalue weighted by Crippen LogP contribution is 2.31. The molecule has 80 valence electrons. The first kappa shape index (κ1) is 10.0. The van der Waals surface area contributed by atoms with Gasteiger partial charge in [-0.2, -0.15) is 0 Å². The van der Waals surface area contributed by atoms with Crippen molar-refractivity contribution in [2.75, 3.05) is 18.5 Å². The van der Waals surface area contributed by atoms with Gasteiger partial charge in [-0.3, -0.25) is 5.41 Å². The van der Waals surface area contributed by atoms with E-state index in [1.807, 2.05) is 24.3 Å². The summed E-state index contributed by atoms with van der Waals surface area (Å²) in [7, 11) is 2.07. The van der Waals surface area contributed by atoms with Gasteiger partial charge in [-0.1, -0.05) is 12.1 Å². The summed E-state index contributed by atoms with van der Waals surface area (Å²) >= 11 is 0. The third-order valence-electron chi connectivity index (χ3n) is 2.83. The maximum atomic E-state index is 7.52. The van der Waals surface area contributed by atoms with Crippen molar-refractivity contribution in [3.8, 4) is 0 Å². The van der Waals surface area contributed by atoms with Crippen LogP contribution in [0.3, 0.4) is 0 Å². The largest absolute Gasteiger partial charge is 0.384 e. The third-order valence-corrected chi connectivity index (χ3v) is 2.83. The highest BCUT2D eigenvalue weighted by Gasteiger charge is 2.23. The van der Waals surface area contributed by atoms with Crippen molar-refractivity contribution in [2.45, 2.75) is 12.8 Å². The smallest absolute Gasteiger partial charge is 0.124 e. The van der Waals surface area contributed by atoms with Gasteiger partial charge >= 0.3 is 0 Å². The Morgan fingerprint density at radius 2 is 2.13 bits per heavy atom. The highest BCUT2D eigenvalue weighted by atomic mass is 15.1. The zero-order chi connectivity index (χ0) is 10.8. The lowest BCUT2D eigenvalue weighted by atomic mass is 10.1. The number of nitrogens with one attached hydrogen (secondary N) is 1. The number of rotatable bonds is 4. The Morgan fingerprint density at radius 3 is 2.73 bits per heavy atom. The Balaban J connectivity index is 2.20. The molecule has 0 saturated heterocycles. The second-order valence-electron chi connectivity index (χ2n) is 4.25. The molecule has 0 radical (unpaired) electrons. The number of benzene rings is 1. The minimum absolute atomic E-state index is 0.147. The number of amidine groups is 1. The normalized spacial score (nSPS) is 15.0. The van der Waals surface area contributed by atoms with Crippen LogP contribution in [0.15, 0.2) is 24.3 Å². The molecule has 0 aromatic heterocycles. The van der Waals surface area contributed by atoms with Crippen LogP contribution >= 0.6 is 0 Å². The molecule has 0 aliphatic heterocycles. The predicted molar refractivity (Wildman–Crippen MR) is 63.5 cm³/mol. The van der Waals surface area contributed by atoms with Crippen molar-refractivity contribution in [3.63, 3.8) is 0 Å². The molecule has 3 nitrogen and oxygen atoms in total. The molecular weight excluding hydrogens is 186 g/mol. The SMILES string of the molecule is CN(CC1CC1)c1ccccc1C(=N)N. The topological polar surface area (TPSA) is 53.1 Å². The molecule has 3 heteroatoms. The van der Waals surface area contributed by atoms with Crippen molar-refractivity contribution in [1.82, 2.24) is 0 Å². The lowest BCUT2D eigenvalue weighted by Gasteiger charge is -2.21. The summed E-state index contributed by atoms with van der Waals surface area (Å²) in [5.41, 5.74) is 7.46. The summed E-state index contributed by atoms with van der Waals surface area (Å²) < 4.78 is 0. The van der Waals surface area contributed by atoms with Crippen LogP contribution in [-0.4, -0.2) is 19.4 Å². The minimum Gasteiger partial charge on any atom is -0.384 e. The molecule has 1 aromatic rings. The lowest BCUT2D eigenvalue weighted by molar-refractivity contribution is 0.787. The summed E-state index contributed by atoms with van der Waals surface area (Å²) in [6, 6.07) is 7.84. The molecule has 0 heterocycles. The second kappa shape index (κ2) is 3.93. The fourth-order valence-electron chi connectivity index (χ4n) is 1.82. The van der Waals surface area contributed by atoms with Crippen LogP contribution in [0.5, 0.6) is 0 Å². The van der Waals surface area contributed by atoms with Crippen molar-refractivity contribution in [2.24, 2.45) is 11.7 Å². The molecule has 1 aromatic carbocycles. The molecule has 1 fully saturated rings. The van der Waals surface area contributed by atoms with Gasteiger partial charge in [0, 0.05) is 24.8 Å². The monoisotopic (exact) mass is 203 g/mol. The van der Waals surface area contributed by atoms with E-state index in [1.165, 1.54) is 12.8 Å². The number of nitrogen functional groups attached to an aromatic ring is 1. The average molecular weight is 203 g/mol. The number of anilines is 1. The van der Waals surface area contributed by atoms with E-state index in [2.05, 4.69) is 11.9 Å². The molecule has 1 aliphatic rings. The Morgan fingerprint density at radius 1 is 1.47 bits per heavy atom. The Kier molecular flexibility index (Phi) is 2.62. The zero-order valence-corrected chi connectivity index (χ0v) is 9.03. The zero-order valence-electron chi connectivity index (χ0n) is 9.03. The van der Waals surface area contributed by atoms with Gasteiger partial charge in [0.1, 0.15) is 5.84 Å². The van der Waals surface area contributed by atoms with Crippen LogP contribution in [0.2, 0.25) is 0 Å². The van der Waals surface area contributed by atoms with E-state index < -0.39 is 0 Å². The van der Waals surface area contributed by atoms with E-state index in [9.17, 15) is 0 Å². The van der Waals surface area contributed by atoms with Crippen molar-refractivity contribution < 1.29 is 0 Å². The molecule has 1 saturated carbocycles.